The van der Waals surface area contributed by atoms with Gasteiger partial charge in [-0.25, -0.2) is 0 Å². The average molecular weight is 241 g/mol. The number of rotatable bonds is 7. The van der Waals surface area contributed by atoms with Gasteiger partial charge in [0, 0.05) is 13.0 Å². The Kier molecular flexibility index (Phi) is 6.11. The molecule has 1 rings (SSSR count). The highest BCUT2D eigenvalue weighted by Crippen LogP contribution is 2.08. The zero-order chi connectivity index (χ0) is 11.8. The van der Waals surface area contributed by atoms with Gasteiger partial charge in [-0.05, 0) is 35.2 Å². The van der Waals surface area contributed by atoms with Crippen molar-refractivity contribution >= 4 is 17.2 Å². The van der Waals surface area contributed by atoms with Gasteiger partial charge in [0.15, 0.2) is 0 Å². The van der Waals surface area contributed by atoms with E-state index in [4.69, 9.17) is 0 Å². The molecule has 0 aromatic carbocycles. The molecular formula is C12H19NO2S. The van der Waals surface area contributed by atoms with Crippen LogP contribution < -0.4 is 5.32 Å². The van der Waals surface area contributed by atoms with E-state index in [1.165, 1.54) is 5.56 Å². The van der Waals surface area contributed by atoms with E-state index in [2.05, 4.69) is 10.7 Å². The van der Waals surface area contributed by atoms with E-state index >= 15 is 0 Å². The standard InChI is InChI=1S/C12H19NO2S/c1-2-3-11(14)8-13-12(15)5-4-10-6-7-16-9-10/h6-7,9,11,14H,2-5,8H2,1H3,(H,13,15). The highest BCUT2D eigenvalue weighted by molar-refractivity contribution is 7.07. The van der Waals surface area contributed by atoms with Crippen molar-refractivity contribution in [2.75, 3.05) is 6.54 Å². The zero-order valence-electron chi connectivity index (χ0n) is 9.61. The molecule has 0 fully saturated rings. The SMILES string of the molecule is CCCC(O)CNC(=O)CCc1ccsc1. The third kappa shape index (κ3) is 5.28. The van der Waals surface area contributed by atoms with E-state index in [-0.39, 0.29) is 5.91 Å². The molecule has 1 aromatic rings. The lowest BCUT2D eigenvalue weighted by Crippen LogP contribution is -2.32. The second kappa shape index (κ2) is 7.41. The monoisotopic (exact) mass is 241 g/mol. The molecule has 0 radical (unpaired) electrons. The second-order valence-corrected chi connectivity index (χ2v) is 4.66. The number of aryl methyl sites for hydroxylation is 1. The Morgan fingerprint density at radius 2 is 2.44 bits per heavy atom. The summed E-state index contributed by atoms with van der Waals surface area (Å²) in [5.41, 5.74) is 1.20. The van der Waals surface area contributed by atoms with Crippen LogP contribution in [0.4, 0.5) is 0 Å². The molecule has 0 spiro atoms. The van der Waals surface area contributed by atoms with Gasteiger partial charge in [-0.15, -0.1) is 0 Å². The van der Waals surface area contributed by atoms with Gasteiger partial charge in [0.25, 0.3) is 0 Å². The van der Waals surface area contributed by atoms with Crippen molar-refractivity contribution < 1.29 is 9.90 Å². The summed E-state index contributed by atoms with van der Waals surface area (Å²) in [6.07, 6.45) is 2.54. The summed E-state index contributed by atoms with van der Waals surface area (Å²) in [6, 6.07) is 2.03. The maximum absolute atomic E-state index is 11.4. The largest absolute Gasteiger partial charge is 0.391 e. The molecule has 4 heteroatoms. The first-order valence-corrected chi connectivity index (χ1v) is 6.62. The quantitative estimate of drug-likeness (QED) is 0.766. The average Bonchev–Trinajstić information content (AvgIpc) is 2.77. The summed E-state index contributed by atoms with van der Waals surface area (Å²) in [5, 5.41) is 16.2. The third-order valence-corrected chi connectivity index (χ3v) is 3.11. The van der Waals surface area contributed by atoms with Crippen LogP contribution in [0.1, 0.15) is 31.7 Å². The zero-order valence-corrected chi connectivity index (χ0v) is 10.4. The Morgan fingerprint density at radius 1 is 1.62 bits per heavy atom. The molecule has 1 amide bonds. The van der Waals surface area contributed by atoms with Crippen molar-refractivity contribution in [2.45, 2.75) is 38.7 Å². The predicted octanol–water partition coefficient (Wildman–Crippen LogP) is 1.96. The van der Waals surface area contributed by atoms with Crippen LogP contribution in [0.25, 0.3) is 0 Å². The molecule has 0 aliphatic heterocycles. The topological polar surface area (TPSA) is 49.3 Å². The number of carbonyl (C=O) groups excluding carboxylic acids is 1. The number of aliphatic hydroxyl groups is 1. The number of hydrogen-bond donors (Lipinski definition) is 2. The molecule has 3 nitrogen and oxygen atoms in total. The van der Waals surface area contributed by atoms with Crippen LogP contribution in [0.2, 0.25) is 0 Å². The van der Waals surface area contributed by atoms with Gasteiger partial charge in [-0.2, -0.15) is 11.3 Å². The summed E-state index contributed by atoms with van der Waals surface area (Å²) in [5.74, 6) is 0.0151. The number of carbonyl (C=O) groups is 1. The Morgan fingerprint density at radius 3 is 3.06 bits per heavy atom. The molecule has 0 saturated heterocycles. The lowest BCUT2D eigenvalue weighted by molar-refractivity contribution is -0.121. The van der Waals surface area contributed by atoms with Crippen LogP contribution in [0.3, 0.4) is 0 Å². The van der Waals surface area contributed by atoms with Crippen molar-refractivity contribution in [3.8, 4) is 0 Å². The molecule has 0 saturated carbocycles. The molecule has 2 N–H and O–H groups in total. The van der Waals surface area contributed by atoms with Gasteiger partial charge in [0.2, 0.25) is 5.91 Å². The molecule has 90 valence electrons. The Balaban J connectivity index is 2.11. The smallest absolute Gasteiger partial charge is 0.220 e. The molecule has 1 aromatic heterocycles. The Bertz CT molecular complexity index is 298. The Hall–Kier alpha value is -0.870. The van der Waals surface area contributed by atoms with Gasteiger partial charge < -0.3 is 10.4 Å². The van der Waals surface area contributed by atoms with E-state index in [0.29, 0.717) is 13.0 Å². The van der Waals surface area contributed by atoms with E-state index in [1.807, 2.05) is 18.4 Å². The number of amides is 1. The minimum atomic E-state index is -0.407. The molecule has 16 heavy (non-hydrogen) atoms. The van der Waals surface area contributed by atoms with Gasteiger partial charge in [0.05, 0.1) is 6.10 Å². The summed E-state index contributed by atoms with van der Waals surface area (Å²) in [6.45, 7) is 2.39. The number of thiophene rings is 1. The van der Waals surface area contributed by atoms with Crippen LogP contribution in [0, 0.1) is 0 Å². The summed E-state index contributed by atoms with van der Waals surface area (Å²) in [7, 11) is 0. The molecule has 1 heterocycles. The van der Waals surface area contributed by atoms with E-state index in [9.17, 15) is 9.90 Å². The fourth-order valence-electron chi connectivity index (χ4n) is 1.45. The van der Waals surface area contributed by atoms with Gasteiger partial charge in [0.1, 0.15) is 0 Å². The van der Waals surface area contributed by atoms with Crippen molar-refractivity contribution in [2.24, 2.45) is 0 Å². The molecule has 0 bridgehead atoms. The van der Waals surface area contributed by atoms with E-state index in [1.54, 1.807) is 11.3 Å². The van der Waals surface area contributed by atoms with Crippen LogP contribution in [-0.4, -0.2) is 23.7 Å². The van der Waals surface area contributed by atoms with Crippen molar-refractivity contribution in [3.63, 3.8) is 0 Å². The first-order chi connectivity index (χ1) is 7.72. The molecule has 1 atom stereocenters. The summed E-state index contributed by atoms with van der Waals surface area (Å²) in [4.78, 5) is 11.4. The second-order valence-electron chi connectivity index (χ2n) is 3.88. The number of nitrogens with one attached hydrogen (secondary N) is 1. The van der Waals surface area contributed by atoms with E-state index < -0.39 is 6.10 Å². The molecule has 0 aliphatic rings. The molecule has 0 aliphatic carbocycles. The minimum absolute atomic E-state index is 0.0151. The van der Waals surface area contributed by atoms with Crippen molar-refractivity contribution in [3.05, 3.63) is 22.4 Å². The van der Waals surface area contributed by atoms with Gasteiger partial charge in [-0.1, -0.05) is 13.3 Å². The maximum Gasteiger partial charge on any atom is 0.220 e. The fraction of sp³-hybridized carbons (Fsp3) is 0.583. The maximum atomic E-state index is 11.4. The molecular weight excluding hydrogens is 222 g/mol. The first kappa shape index (κ1) is 13.2. The lowest BCUT2D eigenvalue weighted by Gasteiger charge is -2.10. The summed E-state index contributed by atoms with van der Waals surface area (Å²) >= 11 is 1.64. The Labute approximate surface area is 100 Å². The summed E-state index contributed by atoms with van der Waals surface area (Å²) < 4.78 is 0. The van der Waals surface area contributed by atoms with Crippen LogP contribution >= 0.6 is 11.3 Å². The van der Waals surface area contributed by atoms with Crippen LogP contribution in [-0.2, 0) is 11.2 Å². The highest BCUT2D eigenvalue weighted by atomic mass is 32.1. The lowest BCUT2D eigenvalue weighted by atomic mass is 10.2. The van der Waals surface area contributed by atoms with Crippen LogP contribution in [0.5, 0.6) is 0 Å². The first-order valence-electron chi connectivity index (χ1n) is 5.68. The number of aliphatic hydroxyl groups excluding tert-OH is 1. The number of hydrogen-bond acceptors (Lipinski definition) is 3. The van der Waals surface area contributed by atoms with Gasteiger partial charge in [-0.3, -0.25) is 4.79 Å². The van der Waals surface area contributed by atoms with E-state index in [0.717, 1.165) is 19.3 Å². The van der Waals surface area contributed by atoms with Crippen molar-refractivity contribution in [1.29, 1.82) is 0 Å². The van der Waals surface area contributed by atoms with Crippen molar-refractivity contribution in [1.82, 2.24) is 5.32 Å². The predicted molar refractivity (Wildman–Crippen MR) is 66.6 cm³/mol. The third-order valence-electron chi connectivity index (χ3n) is 2.38. The minimum Gasteiger partial charge on any atom is -0.391 e. The highest BCUT2D eigenvalue weighted by Gasteiger charge is 2.06. The van der Waals surface area contributed by atoms with Gasteiger partial charge >= 0.3 is 0 Å². The fourth-order valence-corrected chi connectivity index (χ4v) is 2.15. The van der Waals surface area contributed by atoms with Crippen LogP contribution in [0.15, 0.2) is 16.8 Å². The molecule has 1 unspecified atom stereocenters. The normalized spacial score (nSPS) is 12.4.